The quantitative estimate of drug-likeness (QED) is 0.529. The number of furan rings is 1. The van der Waals surface area contributed by atoms with Crippen molar-refractivity contribution in [3.05, 3.63) is 53.8 Å². The molecule has 1 aliphatic heterocycles. The zero-order valence-electron chi connectivity index (χ0n) is 17.0. The van der Waals surface area contributed by atoms with Crippen LogP contribution in [0.3, 0.4) is 0 Å². The van der Waals surface area contributed by atoms with Crippen LogP contribution in [0.1, 0.15) is 31.1 Å². The molecule has 3 aromatic heterocycles. The monoisotopic (exact) mass is 407 g/mol. The Balaban J connectivity index is 1.52. The third-order valence-electron chi connectivity index (χ3n) is 5.60. The summed E-state index contributed by atoms with van der Waals surface area (Å²) >= 11 is 0. The number of rotatable bonds is 4. The molecule has 7 nitrogen and oxygen atoms in total. The van der Waals surface area contributed by atoms with Crippen molar-refractivity contribution in [3.8, 4) is 0 Å². The van der Waals surface area contributed by atoms with Crippen LogP contribution in [0, 0.1) is 12.7 Å². The fraction of sp³-hybridized carbons (Fsp3) is 0.318. The van der Waals surface area contributed by atoms with Gasteiger partial charge in [0.2, 0.25) is 0 Å². The molecule has 0 unspecified atom stereocenters. The summed E-state index contributed by atoms with van der Waals surface area (Å²) in [6.45, 7) is 6.77. The van der Waals surface area contributed by atoms with Gasteiger partial charge in [-0.25, -0.2) is 4.39 Å². The van der Waals surface area contributed by atoms with Crippen LogP contribution >= 0.6 is 0 Å². The van der Waals surface area contributed by atoms with Crippen LogP contribution in [0.15, 0.2) is 41.1 Å². The second kappa shape index (κ2) is 6.63. The van der Waals surface area contributed by atoms with Gasteiger partial charge in [-0.3, -0.25) is 4.98 Å². The Bertz CT molecular complexity index is 1260. The Kier molecular flexibility index (Phi) is 4.14. The molecule has 0 bridgehead atoms. The molecule has 5 rings (SSSR count). The number of aliphatic hydroxyl groups is 1. The van der Waals surface area contributed by atoms with Gasteiger partial charge < -0.3 is 19.7 Å². The first-order chi connectivity index (χ1) is 14.3. The summed E-state index contributed by atoms with van der Waals surface area (Å²) in [5.74, 6) is 0.215. The third kappa shape index (κ3) is 3.04. The van der Waals surface area contributed by atoms with Crippen LogP contribution in [0.4, 0.5) is 15.9 Å². The van der Waals surface area contributed by atoms with Gasteiger partial charge in [0.1, 0.15) is 11.8 Å². The summed E-state index contributed by atoms with van der Waals surface area (Å²) in [5, 5.41) is 23.3. The lowest BCUT2D eigenvalue weighted by Crippen LogP contribution is -2.60. The lowest BCUT2D eigenvalue weighted by atomic mass is 9.96. The lowest BCUT2D eigenvalue weighted by molar-refractivity contribution is 0.0310. The molecule has 30 heavy (non-hydrogen) atoms. The molecule has 0 spiro atoms. The minimum atomic E-state index is -0.673. The molecule has 8 heteroatoms. The average Bonchev–Trinajstić information content (AvgIpc) is 3.09. The third-order valence-corrected chi connectivity index (χ3v) is 5.60. The maximum Gasteiger partial charge on any atom is 0.169 e. The van der Waals surface area contributed by atoms with E-state index in [4.69, 9.17) is 4.42 Å². The summed E-state index contributed by atoms with van der Waals surface area (Å²) < 4.78 is 19.4. The average molecular weight is 407 g/mol. The van der Waals surface area contributed by atoms with Crippen molar-refractivity contribution in [1.82, 2.24) is 15.2 Å². The molecule has 1 aliphatic rings. The van der Waals surface area contributed by atoms with E-state index in [0.29, 0.717) is 29.9 Å². The Labute approximate surface area is 172 Å². The van der Waals surface area contributed by atoms with Crippen LogP contribution in [0.2, 0.25) is 0 Å². The SMILES string of the molecule is Cc1nnc(N[C@H](C)c2cccc3c(F)coc23)c2cc(N3CC(C)(O)C3)cnc12. The van der Waals surface area contributed by atoms with Gasteiger partial charge in [-0.15, -0.1) is 5.10 Å². The van der Waals surface area contributed by atoms with Gasteiger partial charge >= 0.3 is 0 Å². The highest BCUT2D eigenvalue weighted by molar-refractivity contribution is 5.92. The molecule has 1 saturated heterocycles. The topological polar surface area (TPSA) is 87.3 Å². The van der Waals surface area contributed by atoms with Gasteiger partial charge in [0.05, 0.1) is 40.1 Å². The number of para-hydroxylation sites is 1. The van der Waals surface area contributed by atoms with Crippen molar-refractivity contribution >= 4 is 33.4 Å². The summed E-state index contributed by atoms with van der Waals surface area (Å²) in [7, 11) is 0. The molecule has 0 saturated carbocycles. The number of halogens is 1. The number of anilines is 2. The molecule has 4 aromatic rings. The molecule has 1 atom stereocenters. The van der Waals surface area contributed by atoms with E-state index in [-0.39, 0.29) is 11.9 Å². The Morgan fingerprint density at radius 2 is 2.07 bits per heavy atom. The standard InChI is InChI=1S/C22H22FN5O2/c1-12(15-5-4-6-16-18(23)9-30-20(15)16)25-21-17-7-14(28-10-22(3,29)11-28)8-24-19(17)13(2)26-27-21/h4-9,12,29H,10-11H2,1-3H3,(H,25,27)/t12-/m1/s1. The van der Waals surface area contributed by atoms with Crippen molar-refractivity contribution in [3.63, 3.8) is 0 Å². The van der Waals surface area contributed by atoms with E-state index in [1.54, 1.807) is 12.3 Å². The first-order valence-corrected chi connectivity index (χ1v) is 9.85. The van der Waals surface area contributed by atoms with E-state index in [9.17, 15) is 9.50 Å². The van der Waals surface area contributed by atoms with Crippen molar-refractivity contribution in [2.45, 2.75) is 32.4 Å². The van der Waals surface area contributed by atoms with Gasteiger partial charge in [-0.05, 0) is 32.9 Å². The fourth-order valence-electron chi connectivity index (χ4n) is 4.06. The van der Waals surface area contributed by atoms with Gasteiger partial charge in [0, 0.05) is 24.0 Å². The number of fused-ring (bicyclic) bond motifs is 2. The molecular weight excluding hydrogens is 385 g/mol. The zero-order chi connectivity index (χ0) is 21.0. The Morgan fingerprint density at radius 3 is 2.83 bits per heavy atom. The number of benzene rings is 1. The number of β-amino-alcohol motifs (C(OH)–C–C–N with tert-alkyl or cyclic N) is 1. The summed E-state index contributed by atoms with van der Waals surface area (Å²) in [6, 6.07) is 7.22. The van der Waals surface area contributed by atoms with Crippen LogP contribution in [-0.4, -0.2) is 39.0 Å². The number of pyridine rings is 1. The molecule has 4 heterocycles. The molecule has 1 fully saturated rings. The van der Waals surface area contributed by atoms with Gasteiger partial charge in [-0.1, -0.05) is 12.1 Å². The number of hydrogen-bond donors (Lipinski definition) is 2. The predicted molar refractivity (Wildman–Crippen MR) is 113 cm³/mol. The number of nitrogens with zero attached hydrogens (tertiary/aromatic N) is 4. The van der Waals surface area contributed by atoms with E-state index in [1.807, 2.05) is 39.0 Å². The number of aryl methyl sites for hydroxylation is 1. The number of hydrogen-bond acceptors (Lipinski definition) is 7. The molecule has 0 radical (unpaired) electrons. The highest BCUT2D eigenvalue weighted by atomic mass is 19.1. The van der Waals surface area contributed by atoms with E-state index < -0.39 is 5.60 Å². The molecule has 154 valence electrons. The largest absolute Gasteiger partial charge is 0.461 e. The Hall–Kier alpha value is -3.26. The molecule has 2 N–H and O–H groups in total. The van der Waals surface area contributed by atoms with Crippen LogP contribution < -0.4 is 10.2 Å². The summed E-state index contributed by atoms with van der Waals surface area (Å²) in [5.41, 5.74) is 3.09. The Morgan fingerprint density at radius 1 is 1.27 bits per heavy atom. The lowest BCUT2D eigenvalue weighted by Gasteiger charge is -2.45. The highest BCUT2D eigenvalue weighted by Gasteiger charge is 2.36. The smallest absolute Gasteiger partial charge is 0.169 e. The van der Waals surface area contributed by atoms with E-state index >= 15 is 0 Å². The minimum Gasteiger partial charge on any atom is -0.461 e. The molecule has 0 amide bonds. The second-order valence-corrected chi connectivity index (χ2v) is 8.25. The first kappa shape index (κ1) is 18.7. The van der Waals surface area contributed by atoms with Crippen LogP contribution in [0.25, 0.3) is 21.9 Å². The van der Waals surface area contributed by atoms with Gasteiger partial charge in [0.25, 0.3) is 0 Å². The molecule has 0 aliphatic carbocycles. The van der Waals surface area contributed by atoms with Crippen LogP contribution in [0.5, 0.6) is 0 Å². The molecular formula is C22H22FN5O2. The van der Waals surface area contributed by atoms with Crippen LogP contribution in [-0.2, 0) is 0 Å². The maximum absolute atomic E-state index is 13.9. The van der Waals surface area contributed by atoms with Gasteiger partial charge in [-0.2, -0.15) is 5.10 Å². The predicted octanol–water partition coefficient (Wildman–Crippen LogP) is 3.96. The zero-order valence-corrected chi connectivity index (χ0v) is 17.0. The summed E-state index contributed by atoms with van der Waals surface area (Å²) in [6.07, 6.45) is 2.92. The normalized spacial score (nSPS) is 16.6. The van der Waals surface area contributed by atoms with Crippen molar-refractivity contribution in [2.24, 2.45) is 0 Å². The number of nitrogens with one attached hydrogen (secondary N) is 1. The van der Waals surface area contributed by atoms with Gasteiger partial charge in [0.15, 0.2) is 11.6 Å². The summed E-state index contributed by atoms with van der Waals surface area (Å²) in [4.78, 5) is 6.66. The maximum atomic E-state index is 13.9. The van der Waals surface area contributed by atoms with Crippen molar-refractivity contribution < 1.29 is 13.9 Å². The fourth-order valence-corrected chi connectivity index (χ4v) is 4.06. The first-order valence-electron chi connectivity index (χ1n) is 9.85. The number of aromatic nitrogens is 3. The van der Waals surface area contributed by atoms with E-state index in [2.05, 4.69) is 25.4 Å². The highest BCUT2D eigenvalue weighted by Crippen LogP contribution is 2.33. The minimum absolute atomic E-state index is 0.201. The van der Waals surface area contributed by atoms with Crippen molar-refractivity contribution in [2.75, 3.05) is 23.3 Å². The molecule has 1 aromatic carbocycles. The van der Waals surface area contributed by atoms with E-state index in [0.717, 1.165) is 34.1 Å². The second-order valence-electron chi connectivity index (χ2n) is 8.25. The van der Waals surface area contributed by atoms with Crippen molar-refractivity contribution in [1.29, 1.82) is 0 Å². The van der Waals surface area contributed by atoms with E-state index in [1.165, 1.54) is 0 Å².